The molecule has 5 unspecified atom stereocenters. The molecule has 130 valence electrons. The number of urea groups is 1. The molecule has 3 saturated carbocycles. The van der Waals surface area contributed by atoms with Gasteiger partial charge in [-0.25, -0.2) is 9.78 Å². The number of rotatable bonds is 5. The summed E-state index contributed by atoms with van der Waals surface area (Å²) in [5.41, 5.74) is 1.01. The van der Waals surface area contributed by atoms with Crippen molar-refractivity contribution in [3.63, 3.8) is 0 Å². The van der Waals surface area contributed by atoms with E-state index in [0.29, 0.717) is 25.1 Å². The molecule has 0 spiro atoms. The Hall–Kier alpha value is -1.78. The molecule has 24 heavy (non-hydrogen) atoms. The number of nitrogens with zero attached hydrogens (tertiary/aromatic N) is 1. The molecule has 3 fully saturated rings. The van der Waals surface area contributed by atoms with E-state index in [1.165, 1.54) is 32.1 Å². The number of hydrogen-bond acceptors (Lipinski definition) is 3. The normalized spacial score (nSPS) is 33.3. The van der Waals surface area contributed by atoms with E-state index in [0.717, 1.165) is 29.2 Å². The Morgan fingerprint density at radius 2 is 2.17 bits per heavy atom. The van der Waals surface area contributed by atoms with Crippen LogP contribution >= 0.6 is 0 Å². The van der Waals surface area contributed by atoms with E-state index in [9.17, 15) is 4.79 Å². The number of hydrogen-bond donors (Lipinski definition) is 2. The molecule has 5 nitrogen and oxygen atoms in total. The Labute approximate surface area is 143 Å². The van der Waals surface area contributed by atoms with Crippen molar-refractivity contribution in [2.75, 3.05) is 6.61 Å². The van der Waals surface area contributed by atoms with Gasteiger partial charge in [-0.2, -0.15) is 0 Å². The Balaban J connectivity index is 1.28. The topological polar surface area (TPSA) is 63.2 Å². The summed E-state index contributed by atoms with van der Waals surface area (Å²) < 4.78 is 5.40. The van der Waals surface area contributed by atoms with Gasteiger partial charge in [-0.1, -0.05) is 6.42 Å². The van der Waals surface area contributed by atoms with Crippen LogP contribution in [0.15, 0.2) is 18.3 Å². The number of carbonyl (C=O) groups excluding carboxylic acids is 1. The molecule has 0 radical (unpaired) electrons. The Morgan fingerprint density at radius 1 is 1.29 bits per heavy atom. The van der Waals surface area contributed by atoms with E-state index in [1.807, 2.05) is 19.1 Å². The number of aromatic nitrogens is 1. The maximum Gasteiger partial charge on any atom is 0.315 e. The summed E-state index contributed by atoms with van der Waals surface area (Å²) in [4.78, 5) is 16.4. The van der Waals surface area contributed by atoms with Crippen molar-refractivity contribution in [2.24, 2.45) is 23.7 Å². The van der Waals surface area contributed by atoms with Crippen molar-refractivity contribution in [1.82, 2.24) is 15.6 Å². The molecule has 0 saturated heterocycles. The minimum atomic E-state index is -0.0446. The summed E-state index contributed by atoms with van der Waals surface area (Å²) >= 11 is 0. The Morgan fingerprint density at radius 3 is 3.04 bits per heavy atom. The fraction of sp³-hybridized carbons (Fsp3) is 0.684. The van der Waals surface area contributed by atoms with Crippen LogP contribution in [-0.4, -0.2) is 23.7 Å². The Kier molecular flexibility index (Phi) is 4.33. The SMILES string of the molecule is CCOc1cc(CNC(=O)NC2CC3CC2C2CCCC32)ccn1. The average molecular weight is 329 g/mol. The first-order chi connectivity index (χ1) is 11.7. The number of fused-ring (bicyclic) bond motifs is 5. The largest absolute Gasteiger partial charge is 0.478 e. The summed E-state index contributed by atoms with van der Waals surface area (Å²) in [5.74, 6) is 4.03. The van der Waals surface area contributed by atoms with Crippen molar-refractivity contribution >= 4 is 6.03 Å². The van der Waals surface area contributed by atoms with E-state index in [1.54, 1.807) is 6.20 Å². The predicted molar refractivity (Wildman–Crippen MR) is 91.6 cm³/mol. The van der Waals surface area contributed by atoms with E-state index < -0.39 is 0 Å². The fourth-order valence-corrected chi connectivity index (χ4v) is 5.42. The van der Waals surface area contributed by atoms with Crippen molar-refractivity contribution < 1.29 is 9.53 Å². The van der Waals surface area contributed by atoms with Crippen LogP contribution in [0.4, 0.5) is 4.79 Å². The van der Waals surface area contributed by atoms with Crippen molar-refractivity contribution in [3.8, 4) is 5.88 Å². The van der Waals surface area contributed by atoms with Gasteiger partial charge in [0.05, 0.1) is 6.61 Å². The second-order valence-electron chi connectivity index (χ2n) is 7.52. The molecule has 3 aliphatic rings. The lowest BCUT2D eigenvalue weighted by molar-refractivity contribution is 0.197. The van der Waals surface area contributed by atoms with E-state index >= 15 is 0 Å². The first-order valence-corrected chi connectivity index (χ1v) is 9.36. The van der Waals surface area contributed by atoms with Gasteiger partial charge < -0.3 is 15.4 Å². The third-order valence-electron chi connectivity index (χ3n) is 6.29. The number of pyridine rings is 1. The molecular formula is C19H27N3O2. The van der Waals surface area contributed by atoms with Crippen LogP contribution in [0.1, 0.15) is 44.6 Å². The molecule has 2 N–H and O–H groups in total. The van der Waals surface area contributed by atoms with Gasteiger partial charge in [0.1, 0.15) is 0 Å². The highest BCUT2D eigenvalue weighted by molar-refractivity contribution is 5.74. The lowest BCUT2D eigenvalue weighted by Crippen LogP contribution is -2.46. The average Bonchev–Trinajstić information content (AvgIpc) is 3.26. The third-order valence-corrected chi connectivity index (χ3v) is 6.29. The second-order valence-corrected chi connectivity index (χ2v) is 7.52. The van der Waals surface area contributed by atoms with Crippen molar-refractivity contribution in [2.45, 2.75) is 51.6 Å². The molecule has 0 aliphatic heterocycles. The van der Waals surface area contributed by atoms with Gasteiger partial charge in [0, 0.05) is 24.8 Å². The maximum atomic E-state index is 12.3. The summed E-state index contributed by atoms with van der Waals surface area (Å²) in [7, 11) is 0. The zero-order valence-electron chi connectivity index (χ0n) is 14.3. The van der Waals surface area contributed by atoms with E-state index in [4.69, 9.17) is 4.74 Å². The minimum Gasteiger partial charge on any atom is -0.478 e. The first kappa shape index (κ1) is 15.7. The quantitative estimate of drug-likeness (QED) is 0.872. The molecule has 4 rings (SSSR count). The molecule has 1 aromatic rings. The van der Waals surface area contributed by atoms with E-state index in [-0.39, 0.29) is 6.03 Å². The van der Waals surface area contributed by atoms with E-state index in [2.05, 4.69) is 15.6 Å². The van der Waals surface area contributed by atoms with Gasteiger partial charge in [-0.05, 0) is 67.9 Å². The second kappa shape index (κ2) is 6.61. The highest BCUT2D eigenvalue weighted by Gasteiger charge is 2.53. The van der Waals surface area contributed by atoms with Gasteiger partial charge in [-0.15, -0.1) is 0 Å². The molecule has 0 aromatic carbocycles. The van der Waals surface area contributed by atoms with Gasteiger partial charge in [0.15, 0.2) is 0 Å². The van der Waals surface area contributed by atoms with Gasteiger partial charge in [-0.3, -0.25) is 0 Å². The number of carbonyl (C=O) groups is 1. The van der Waals surface area contributed by atoms with Gasteiger partial charge in [0.2, 0.25) is 5.88 Å². The van der Waals surface area contributed by atoms with Crippen LogP contribution in [0.5, 0.6) is 5.88 Å². The summed E-state index contributed by atoms with van der Waals surface area (Å²) in [6.07, 6.45) is 8.44. The summed E-state index contributed by atoms with van der Waals surface area (Å²) in [5, 5.41) is 6.22. The molecular weight excluding hydrogens is 302 g/mol. The first-order valence-electron chi connectivity index (χ1n) is 9.36. The van der Waals surface area contributed by atoms with Crippen LogP contribution in [-0.2, 0) is 6.54 Å². The predicted octanol–water partition coefficient (Wildman–Crippen LogP) is 3.10. The standard InChI is InChI=1S/C19H27N3O2/c1-2-24-18-8-12(6-7-20-18)11-21-19(23)22-17-10-13-9-16(17)15-5-3-4-14(13)15/h6-8,13-17H,2-5,9-11H2,1H3,(H2,21,22,23). The lowest BCUT2D eigenvalue weighted by Gasteiger charge is -2.32. The zero-order chi connectivity index (χ0) is 16.5. The number of ether oxygens (including phenoxy) is 1. The van der Waals surface area contributed by atoms with Crippen LogP contribution in [0.25, 0.3) is 0 Å². The number of nitrogens with one attached hydrogen (secondary N) is 2. The van der Waals surface area contributed by atoms with Gasteiger partial charge >= 0.3 is 6.03 Å². The lowest BCUT2D eigenvalue weighted by atomic mass is 9.79. The minimum absolute atomic E-state index is 0.0446. The third kappa shape index (κ3) is 2.96. The van der Waals surface area contributed by atoms with Crippen LogP contribution in [0, 0.1) is 23.7 Å². The summed E-state index contributed by atoms with van der Waals surface area (Å²) in [6.45, 7) is 3.03. The molecule has 5 atom stereocenters. The highest BCUT2D eigenvalue weighted by atomic mass is 16.5. The van der Waals surface area contributed by atoms with Crippen LogP contribution in [0.2, 0.25) is 0 Å². The van der Waals surface area contributed by atoms with Gasteiger partial charge in [0.25, 0.3) is 0 Å². The molecule has 1 aromatic heterocycles. The summed E-state index contributed by atoms with van der Waals surface area (Å²) in [6, 6.07) is 4.12. The van der Waals surface area contributed by atoms with Crippen molar-refractivity contribution in [1.29, 1.82) is 0 Å². The highest BCUT2D eigenvalue weighted by Crippen LogP contribution is 2.58. The monoisotopic (exact) mass is 329 g/mol. The zero-order valence-corrected chi connectivity index (χ0v) is 14.3. The molecule has 2 amide bonds. The fourth-order valence-electron chi connectivity index (χ4n) is 5.42. The van der Waals surface area contributed by atoms with Crippen LogP contribution < -0.4 is 15.4 Å². The van der Waals surface area contributed by atoms with Crippen LogP contribution in [0.3, 0.4) is 0 Å². The smallest absolute Gasteiger partial charge is 0.315 e. The molecule has 1 heterocycles. The molecule has 2 bridgehead atoms. The maximum absolute atomic E-state index is 12.3. The molecule has 5 heteroatoms. The Bertz CT molecular complexity index is 606. The molecule has 3 aliphatic carbocycles. The number of amides is 2. The van der Waals surface area contributed by atoms with Crippen molar-refractivity contribution in [3.05, 3.63) is 23.9 Å².